The molecule has 2 rings (SSSR count). The predicted molar refractivity (Wildman–Crippen MR) is 173 cm³/mol. The van der Waals surface area contributed by atoms with E-state index < -0.39 is 12.1 Å². The van der Waals surface area contributed by atoms with Crippen LogP contribution >= 0.6 is 0 Å². The quantitative estimate of drug-likeness (QED) is 0.150. The highest BCUT2D eigenvalue weighted by Gasteiger charge is 2.25. The highest BCUT2D eigenvalue weighted by molar-refractivity contribution is 5.98. The summed E-state index contributed by atoms with van der Waals surface area (Å²) >= 11 is 0. The maximum absolute atomic E-state index is 12.7. The lowest BCUT2D eigenvalue weighted by Gasteiger charge is -2.21. The van der Waals surface area contributed by atoms with Crippen molar-refractivity contribution in [3.8, 4) is 0 Å². The molecule has 2 aromatic rings. The molecule has 10 nitrogen and oxygen atoms in total. The van der Waals surface area contributed by atoms with Gasteiger partial charge in [0.05, 0.1) is 0 Å². The smallest absolute Gasteiger partial charge is 0.252 e. The maximum atomic E-state index is 12.7. The zero-order valence-corrected chi connectivity index (χ0v) is 26.9. The minimum atomic E-state index is -0.574. The van der Waals surface area contributed by atoms with Crippen LogP contribution in [0.3, 0.4) is 0 Å². The van der Waals surface area contributed by atoms with Crippen molar-refractivity contribution in [1.29, 1.82) is 0 Å². The molecule has 44 heavy (non-hydrogen) atoms. The Morgan fingerprint density at radius 3 is 1.11 bits per heavy atom. The summed E-state index contributed by atoms with van der Waals surface area (Å²) in [5.74, 6) is -0.867. The molecule has 2 aromatic heterocycles. The summed E-state index contributed by atoms with van der Waals surface area (Å²) in [6.07, 6.45) is 17.3. The molecule has 0 aliphatic rings. The van der Waals surface area contributed by atoms with E-state index >= 15 is 0 Å². The molecule has 0 spiro atoms. The summed E-state index contributed by atoms with van der Waals surface area (Å²) in [5, 5.41) is 11.6. The molecule has 4 amide bonds. The van der Waals surface area contributed by atoms with Crippen LogP contribution in [-0.2, 0) is 9.59 Å². The van der Waals surface area contributed by atoms with Crippen LogP contribution in [0.15, 0.2) is 49.1 Å². The molecule has 0 bridgehead atoms. The van der Waals surface area contributed by atoms with Crippen molar-refractivity contribution in [2.75, 3.05) is 13.1 Å². The fraction of sp³-hybridized carbons (Fsp3) is 0.588. The summed E-state index contributed by atoms with van der Waals surface area (Å²) in [5.41, 5.74) is 0.979. The molecule has 0 fully saturated rings. The highest BCUT2D eigenvalue weighted by atomic mass is 16.2. The number of nitrogens with zero attached hydrogens (tertiary/aromatic N) is 2. The third kappa shape index (κ3) is 14.1. The SMILES string of the molecule is CC(C)[C@H](NC(=O)c1ccncc1)C(=O)NCCCCCCCCCCCCNC(=O)[C@H](NC(=O)c1ccncc1)C(C)C. The van der Waals surface area contributed by atoms with E-state index in [1.54, 1.807) is 49.1 Å². The molecule has 2 atom stereocenters. The fourth-order valence-corrected chi connectivity index (χ4v) is 4.83. The molecular formula is C34H52N6O4. The van der Waals surface area contributed by atoms with Gasteiger partial charge in [0.25, 0.3) is 11.8 Å². The van der Waals surface area contributed by atoms with Crippen LogP contribution in [0.25, 0.3) is 0 Å². The second kappa shape index (κ2) is 21.0. The first-order valence-corrected chi connectivity index (χ1v) is 16.2. The number of pyridine rings is 2. The Bertz CT molecular complexity index is 1040. The number of carbonyl (C=O) groups excluding carboxylic acids is 4. The van der Waals surface area contributed by atoms with Gasteiger partial charge in [-0.2, -0.15) is 0 Å². The minimum absolute atomic E-state index is 0.0190. The molecule has 0 saturated heterocycles. The number of carbonyl (C=O) groups is 4. The Balaban J connectivity index is 1.46. The predicted octanol–water partition coefficient (Wildman–Crippen LogP) is 4.82. The van der Waals surface area contributed by atoms with Crippen molar-refractivity contribution in [1.82, 2.24) is 31.2 Å². The Morgan fingerprint density at radius 1 is 0.523 bits per heavy atom. The second-order valence-corrected chi connectivity index (χ2v) is 12.0. The molecule has 0 saturated carbocycles. The van der Waals surface area contributed by atoms with Crippen LogP contribution in [-0.4, -0.2) is 58.8 Å². The van der Waals surface area contributed by atoms with E-state index in [9.17, 15) is 19.2 Å². The molecule has 0 radical (unpaired) electrons. The standard InChI is InChI=1S/C34H52N6O4/c1-25(2)29(39-31(41)27-15-21-35-22-16-27)33(43)37-19-13-11-9-7-5-6-8-10-12-14-20-38-34(44)30(26(3)4)40-32(42)28-17-23-36-24-18-28/h15-18,21-26,29-30H,5-14,19-20H2,1-4H3,(H,37,43)(H,38,44)(H,39,41)(H,40,42)/t29-,30+. The Hall–Kier alpha value is -3.82. The van der Waals surface area contributed by atoms with Crippen LogP contribution in [0, 0.1) is 11.8 Å². The number of aromatic nitrogens is 2. The lowest BCUT2D eigenvalue weighted by Crippen LogP contribution is -2.49. The Morgan fingerprint density at radius 2 is 0.818 bits per heavy atom. The lowest BCUT2D eigenvalue weighted by molar-refractivity contribution is -0.124. The molecule has 10 heteroatoms. The summed E-state index contributed by atoms with van der Waals surface area (Å²) in [6, 6.07) is 5.38. The van der Waals surface area contributed by atoms with Crippen molar-refractivity contribution < 1.29 is 19.2 Å². The number of hydrogen-bond acceptors (Lipinski definition) is 6. The number of amides is 4. The zero-order valence-electron chi connectivity index (χ0n) is 26.9. The topological polar surface area (TPSA) is 142 Å². The van der Waals surface area contributed by atoms with Gasteiger partial charge in [-0.1, -0.05) is 79.1 Å². The number of rotatable bonds is 21. The first-order chi connectivity index (χ1) is 21.2. The van der Waals surface area contributed by atoms with Gasteiger partial charge >= 0.3 is 0 Å². The van der Waals surface area contributed by atoms with Crippen LogP contribution < -0.4 is 21.3 Å². The third-order valence-corrected chi connectivity index (χ3v) is 7.56. The van der Waals surface area contributed by atoms with E-state index in [0.29, 0.717) is 24.2 Å². The number of unbranched alkanes of at least 4 members (excludes halogenated alkanes) is 9. The molecule has 0 aromatic carbocycles. The van der Waals surface area contributed by atoms with Crippen molar-refractivity contribution in [3.63, 3.8) is 0 Å². The van der Waals surface area contributed by atoms with Crippen LogP contribution in [0.1, 0.15) is 113 Å². The van der Waals surface area contributed by atoms with E-state index in [2.05, 4.69) is 31.2 Å². The second-order valence-electron chi connectivity index (χ2n) is 12.0. The van der Waals surface area contributed by atoms with Crippen molar-refractivity contribution in [2.24, 2.45) is 11.8 Å². The fourth-order valence-electron chi connectivity index (χ4n) is 4.83. The Labute approximate surface area is 263 Å². The van der Waals surface area contributed by atoms with Crippen molar-refractivity contribution in [3.05, 3.63) is 60.2 Å². The molecule has 0 unspecified atom stereocenters. The van der Waals surface area contributed by atoms with E-state index in [0.717, 1.165) is 38.5 Å². The van der Waals surface area contributed by atoms with Gasteiger partial charge in [-0.05, 0) is 48.9 Å². The van der Waals surface area contributed by atoms with Gasteiger partial charge in [-0.15, -0.1) is 0 Å². The van der Waals surface area contributed by atoms with Gasteiger partial charge in [-0.25, -0.2) is 0 Å². The van der Waals surface area contributed by atoms with Crippen LogP contribution in [0.5, 0.6) is 0 Å². The van der Waals surface area contributed by atoms with E-state index in [-0.39, 0.29) is 35.5 Å². The van der Waals surface area contributed by atoms with Gasteiger partial charge in [0.2, 0.25) is 11.8 Å². The van der Waals surface area contributed by atoms with E-state index in [4.69, 9.17) is 0 Å². The van der Waals surface area contributed by atoms with Gasteiger partial charge in [0, 0.05) is 49.0 Å². The number of hydrogen-bond donors (Lipinski definition) is 4. The lowest BCUT2D eigenvalue weighted by atomic mass is 10.0. The summed E-state index contributed by atoms with van der Waals surface area (Å²) in [6.45, 7) is 8.91. The average molecular weight is 609 g/mol. The van der Waals surface area contributed by atoms with E-state index in [1.165, 1.54) is 25.7 Å². The summed E-state index contributed by atoms with van der Waals surface area (Å²) in [4.78, 5) is 58.0. The molecule has 0 aliphatic carbocycles. The summed E-state index contributed by atoms with van der Waals surface area (Å²) < 4.78 is 0. The highest BCUT2D eigenvalue weighted by Crippen LogP contribution is 2.11. The molecule has 242 valence electrons. The van der Waals surface area contributed by atoms with Gasteiger partial charge < -0.3 is 21.3 Å². The monoisotopic (exact) mass is 608 g/mol. The normalized spacial score (nSPS) is 12.4. The summed E-state index contributed by atoms with van der Waals surface area (Å²) in [7, 11) is 0. The number of nitrogens with one attached hydrogen (secondary N) is 4. The largest absolute Gasteiger partial charge is 0.354 e. The zero-order chi connectivity index (χ0) is 32.2. The first-order valence-electron chi connectivity index (χ1n) is 16.2. The minimum Gasteiger partial charge on any atom is -0.354 e. The molecule has 4 N–H and O–H groups in total. The first kappa shape index (κ1) is 36.4. The maximum Gasteiger partial charge on any atom is 0.252 e. The van der Waals surface area contributed by atoms with Gasteiger partial charge in [0.1, 0.15) is 12.1 Å². The molecule has 0 aliphatic heterocycles. The van der Waals surface area contributed by atoms with Gasteiger partial charge in [0.15, 0.2) is 0 Å². The Kier molecular flexibility index (Phi) is 17.3. The third-order valence-electron chi connectivity index (χ3n) is 7.56. The molecular weight excluding hydrogens is 556 g/mol. The van der Waals surface area contributed by atoms with Crippen LogP contribution in [0.2, 0.25) is 0 Å². The van der Waals surface area contributed by atoms with Gasteiger partial charge in [-0.3, -0.25) is 29.1 Å². The van der Waals surface area contributed by atoms with Crippen molar-refractivity contribution in [2.45, 2.75) is 104 Å². The average Bonchev–Trinajstić information content (AvgIpc) is 3.02. The van der Waals surface area contributed by atoms with Crippen molar-refractivity contribution >= 4 is 23.6 Å². The van der Waals surface area contributed by atoms with Crippen LogP contribution in [0.4, 0.5) is 0 Å². The van der Waals surface area contributed by atoms with E-state index in [1.807, 2.05) is 27.7 Å². The molecule has 2 heterocycles.